The molecule has 1 unspecified atom stereocenters. The zero-order valence-electron chi connectivity index (χ0n) is 9.23. The lowest BCUT2D eigenvalue weighted by molar-refractivity contribution is 0.491. The lowest BCUT2D eigenvalue weighted by atomic mass is 10.0. The van der Waals surface area contributed by atoms with Gasteiger partial charge in [-0.2, -0.15) is 0 Å². The van der Waals surface area contributed by atoms with Crippen molar-refractivity contribution in [3.8, 4) is 0 Å². The van der Waals surface area contributed by atoms with Crippen LogP contribution in [-0.4, -0.2) is 0 Å². The van der Waals surface area contributed by atoms with E-state index in [-0.39, 0.29) is 5.56 Å². The van der Waals surface area contributed by atoms with E-state index >= 15 is 0 Å². The maximum atomic E-state index is 13.7. The van der Waals surface area contributed by atoms with Crippen LogP contribution in [0, 0.1) is 23.3 Å². The van der Waals surface area contributed by atoms with Crippen LogP contribution in [0.4, 0.5) is 17.6 Å². The predicted molar refractivity (Wildman–Crippen MR) is 71.2 cm³/mol. The molecule has 0 aliphatic carbocycles. The quantitative estimate of drug-likeness (QED) is 0.357. The van der Waals surface area contributed by atoms with E-state index in [0.717, 1.165) is 6.07 Å². The summed E-state index contributed by atoms with van der Waals surface area (Å²) in [5, 5.41) is 0. The van der Waals surface area contributed by atoms with Crippen molar-refractivity contribution < 1.29 is 17.6 Å². The van der Waals surface area contributed by atoms with Crippen LogP contribution in [0.25, 0.3) is 0 Å². The Morgan fingerprint density at radius 2 is 1.42 bits per heavy atom. The van der Waals surface area contributed by atoms with Crippen molar-refractivity contribution in [3.05, 3.63) is 69.2 Å². The Kier molecular flexibility index (Phi) is 4.30. The summed E-state index contributed by atoms with van der Waals surface area (Å²) in [6, 6.07) is 5.09. The average Bonchev–Trinajstić information content (AvgIpc) is 2.36. The molecular formula is C13H6Br2F4. The van der Waals surface area contributed by atoms with Crippen molar-refractivity contribution in [2.45, 2.75) is 4.83 Å². The normalized spacial score (nSPS) is 12.5. The molecule has 100 valence electrons. The van der Waals surface area contributed by atoms with Gasteiger partial charge in [-0.05, 0) is 29.8 Å². The molecular weight excluding hydrogens is 392 g/mol. The number of halogens is 6. The third-order valence-electron chi connectivity index (χ3n) is 2.54. The molecule has 2 aromatic carbocycles. The zero-order chi connectivity index (χ0) is 14.2. The highest BCUT2D eigenvalue weighted by Gasteiger charge is 2.20. The highest BCUT2D eigenvalue weighted by atomic mass is 79.9. The van der Waals surface area contributed by atoms with Crippen LogP contribution in [0.1, 0.15) is 16.0 Å². The molecule has 0 saturated carbocycles. The first-order chi connectivity index (χ1) is 8.90. The van der Waals surface area contributed by atoms with E-state index in [0.29, 0.717) is 16.1 Å². The Morgan fingerprint density at radius 1 is 0.789 bits per heavy atom. The van der Waals surface area contributed by atoms with Crippen LogP contribution >= 0.6 is 31.9 Å². The van der Waals surface area contributed by atoms with Gasteiger partial charge >= 0.3 is 0 Å². The third-order valence-corrected chi connectivity index (χ3v) is 4.25. The van der Waals surface area contributed by atoms with Gasteiger partial charge in [0.05, 0.1) is 4.83 Å². The Hall–Kier alpha value is -0.880. The lowest BCUT2D eigenvalue weighted by Crippen LogP contribution is -2.01. The molecule has 19 heavy (non-hydrogen) atoms. The highest BCUT2D eigenvalue weighted by molar-refractivity contribution is 9.11. The monoisotopic (exact) mass is 396 g/mol. The Morgan fingerprint density at radius 3 is 2.11 bits per heavy atom. The molecule has 2 aromatic rings. The van der Waals surface area contributed by atoms with Gasteiger partial charge in [-0.3, -0.25) is 0 Å². The lowest BCUT2D eigenvalue weighted by Gasteiger charge is -2.14. The molecule has 0 aliphatic rings. The smallest absolute Gasteiger partial charge is 0.161 e. The third kappa shape index (κ3) is 3.00. The largest absolute Gasteiger partial charge is 0.207 e. The van der Waals surface area contributed by atoms with Crippen LogP contribution in [0.5, 0.6) is 0 Å². The standard InChI is InChI=1S/C13H6Br2F4/c14-9-2-1-6(16)3-7(9)13(15)8-4-11(18)12(19)5-10(8)17/h1-5,13H. The molecule has 0 spiro atoms. The van der Waals surface area contributed by atoms with E-state index in [1.807, 2.05) is 0 Å². The molecule has 0 amide bonds. The van der Waals surface area contributed by atoms with E-state index in [4.69, 9.17) is 0 Å². The van der Waals surface area contributed by atoms with E-state index in [1.165, 1.54) is 18.2 Å². The molecule has 1 atom stereocenters. The maximum absolute atomic E-state index is 13.7. The van der Waals surface area contributed by atoms with E-state index in [2.05, 4.69) is 31.9 Å². The fourth-order valence-electron chi connectivity index (χ4n) is 1.61. The van der Waals surface area contributed by atoms with Crippen molar-refractivity contribution in [2.24, 2.45) is 0 Å². The molecule has 0 N–H and O–H groups in total. The minimum absolute atomic E-state index is 0.106. The van der Waals surface area contributed by atoms with Gasteiger partial charge in [-0.25, -0.2) is 17.6 Å². The van der Waals surface area contributed by atoms with Gasteiger partial charge in [0.15, 0.2) is 11.6 Å². The molecule has 0 radical (unpaired) electrons. The first-order valence-corrected chi connectivity index (χ1v) is 6.84. The Labute approximate surface area is 123 Å². The molecule has 0 aromatic heterocycles. The van der Waals surface area contributed by atoms with Crippen LogP contribution in [0.15, 0.2) is 34.8 Å². The van der Waals surface area contributed by atoms with Crippen molar-refractivity contribution in [3.63, 3.8) is 0 Å². The van der Waals surface area contributed by atoms with Gasteiger partial charge < -0.3 is 0 Å². The molecule has 6 heteroatoms. The molecule has 0 saturated heterocycles. The molecule has 0 heterocycles. The summed E-state index contributed by atoms with van der Waals surface area (Å²) >= 11 is 6.36. The van der Waals surface area contributed by atoms with Crippen LogP contribution in [0.2, 0.25) is 0 Å². The second-order valence-electron chi connectivity index (χ2n) is 3.82. The first kappa shape index (κ1) is 14.5. The molecule has 0 bridgehead atoms. The minimum atomic E-state index is -1.26. The average molecular weight is 398 g/mol. The summed E-state index contributed by atoms with van der Waals surface area (Å²) in [5.74, 6) is -3.84. The van der Waals surface area contributed by atoms with Crippen LogP contribution in [-0.2, 0) is 0 Å². The SMILES string of the molecule is Fc1ccc(Br)c(C(Br)c2cc(F)c(F)cc2F)c1. The van der Waals surface area contributed by atoms with Gasteiger partial charge in [0.2, 0.25) is 0 Å². The first-order valence-electron chi connectivity index (χ1n) is 5.13. The molecule has 0 aliphatic heterocycles. The van der Waals surface area contributed by atoms with Gasteiger partial charge in [0, 0.05) is 16.1 Å². The summed E-state index contributed by atoms with van der Waals surface area (Å²) in [7, 11) is 0. The van der Waals surface area contributed by atoms with Crippen molar-refractivity contribution in [2.75, 3.05) is 0 Å². The van der Waals surface area contributed by atoms with Crippen molar-refractivity contribution >= 4 is 31.9 Å². The maximum Gasteiger partial charge on any atom is 0.161 e. The number of rotatable bonds is 2. The van der Waals surface area contributed by atoms with E-state index in [9.17, 15) is 17.6 Å². The Balaban J connectivity index is 2.52. The summed E-state index contributed by atoms with van der Waals surface area (Å²) < 4.78 is 53.4. The topological polar surface area (TPSA) is 0 Å². The summed E-state index contributed by atoms with van der Waals surface area (Å²) in [6.07, 6.45) is 0. The predicted octanol–water partition coefficient (Wildman–Crippen LogP) is 5.49. The van der Waals surface area contributed by atoms with Gasteiger partial charge in [-0.1, -0.05) is 31.9 Å². The van der Waals surface area contributed by atoms with Gasteiger partial charge in [0.25, 0.3) is 0 Å². The second kappa shape index (κ2) is 5.63. The number of hydrogen-bond donors (Lipinski definition) is 0. The number of hydrogen-bond acceptors (Lipinski definition) is 0. The number of benzene rings is 2. The zero-order valence-corrected chi connectivity index (χ0v) is 12.4. The summed E-state index contributed by atoms with van der Waals surface area (Å²) in [5.41, 5.74) is 0.273. The fourth-order valence-corrected chi connectivity index (χ4v) is 3.12. The van der Waals surface area contributed by atoms with Gasteiger partial charge in [0.1, 0.15) is 11.6 Å². The summed E-state index contributed by atoms with van der Waals surface area (Å²) in [4.78, 5) is -0.798. The van der Waals surface area contributed by atoms with Crippen molar-refractivity contribution in [1.29, 1.82) is 0 Å². The van der Waals surface area contributed by atoms with Crippen molar-refractivity contribution in [1.82, 2.24) is 0 Å². The van der Waals surface area contributed by atoms with Crippen LogP contribution in [0.3, 0.4) is 0 Å². The number of alkyl halides is 1. The Bertz CT molecular complexity index is 628. The fraction of sp³-hybridized carbons (Fsp3) is 0.0769. The molecule has 0 fully saturated rings. The van der Waals surface area contributed by atoms with Crippen LogP contribution < -0.4 is 0 Å². The minimum Gasteiger partial charge on any atom is -0.207 e. The summed E-state index contributed by atoms with van der Waals surface area (Å²) in [6.45, 7) is 0. The molecule has 2 rings (SSSR count). The second-order valence-corrected chi connectivity index (χ2v) is 5.59. The van der Waals surface area contributed by atoms with Gasteiger partial charge in [-0.15, -0.1) is 0 Å². The highest BCUT2D eigenvalue weighted by Crippen LogP contribution is 2.37. The molecule has 0 nitrogen and oxygen atoms in total. The van der Waals surface area contributed by atoms with E-state index in [1.54, 1.807) is 0 Å². The van der Waals surface area contributed by atoms with E-state index < -0.39 is 28.1 Å².